The minimum absolute atomic E-state index is 0.131. The van der Waals surface area contributed by atoms with Crippen molar-refractivity contribution in [2.75, 3.05) is 0 Å². The van der Waals surface area contributed by atoms with E-state index in [4.69, 9.17) is 27.5 Å². The van der Waals surface area contributed by atoms with Gasteiger partial charge in [0.15, 0.2) is 0 Å². The highest BCUT2D eigenvalue weighted by molar-refractivity contribution is 6.43. The molecule has 0 aromatic rings. The van der Waals surface area contributed by atoms with Crippen LogP contribution in [0.2, 0.25) is 0 Å². The van der Waals surface area contributed by atoms with Gasteiger partial charge >= 0.3 is 0 Å². The molecule has 0 radical (unpaired) electrons. The highest BCUT2D eigenvalue weighted by atomic mass is 16.5. The lowest BCUT2D eigenvalue weighted by atomic mass is 10.0. The zero-order valence-electron chi connectivity index (χ0n) is 7.16. The van der Waals surface area contributed by atoms with Gasteiger partial charge < -0.3 is 16.9 Å². The Kier molecular flexibility index (Phi) is 4.18. The molecule has 74 valence electrons. The van der Waals surface area contributed by atoms with Crippen LogP contribution in [0.1, 0.15) is 6.92 Å². The second-order valence-electron chi connectivity index (χ2n) is 2.58. The fourth-order valence-electron chi connectivity index (χ4n) is 0.640. The van der Waals surface area contributed by atoms with Gasteiger partial charge in [0.1, 0.15) is 5.71 Å². The first-order valence-corrected chi connectivity index (χ1v) is 3.54. The van der Waals surface area contributed by atoms with Crippen LogP contribution >= 0.6 is 0 Å². The summed E-state index contributed by atoms with van der Waals surface area (Å²) in [5.74, 6) is -1.03. The van der Waals surface area contributed by atoms with Crippen molar-refractivity contribution in [2.24, 2.45) is 11.5 Å². The van der Waals surface area contributed by atoms with Gasteiger partial charge in [-0.05, 0) is 6.92 Å². The molecule has 0 rings (SSSR count). The van der Waals surface area contributed by atoms with Crippen molar-refractivity contribution in [3.05, 3.63) is 0 Å². The summed E-state index contributed by atoms with van der Waals surface area (Å²) in [6, 6.07) is -1.80. The van der Waals surface area contributed by atoms with Crippen LogP contribution in [-0.4, -0.2) is 34.6 Å². The van der Waals surface area contributed by atoms with E-state index in [2.05, 4.69) is 0 Å². The summed E-state index contributed by atoms with van der Waals surface area (Å²) in [6.45, 7) is 1.52. The molecule has 0 aliphatic carbocycles. The van der Waals surface area contributed by atoms with E-state index >= 15 is 0 Å². The van der Waals surface area contributed by atoms with Crippen molar-refractivity contribution in [1.29, 1.82) is 10.8 Å². The SMILES string of the molecule is CC(N)C(=N)C(N)C(=N)C(=O)NO. The van der Waals surface area contributed by atoms with Gasteiger partial charge in [0, 0.05) is 11.8 Å². The molecular weight excluding hydrogens is 174 g/mol. The lowest BCUT2D eigenvalue weighted by Crippen LogP contribution is -2.50. The van der Waals surface area contributed by atoms with Crippen LogP contribution in [0.3, 0.4) is 0 Å². The van der Waals surface area contributed by atoms with E-state index in [0.717, 1.165) is 0 Å². The molecule has 0 fully saturated rings. The minimum Gasteiger partial charge on any atom is -0.323 e. The predicted molar refractivity (Wildman–Crippen MR) is 47.0 cm³/mol. The summed E-state index contributed by atoms with van der Waals surface area (Å²) in [5, 5.41) is 22.6. The van der Waals surface area contributed by atoms with Crippen LogP contribution in [0.25, 0.3) is 0 Å². The van der Waals surface area contributed by atoms with Gasteiger partial charge in [-0.2, -0.15) is 0 Å². The van der Waals surface area contributed by atoms with Gasteiger partial charge in [-0.15, -0.1) is 0 Å². The molecule has 13 heavy (non-hydrogen) atoms. The van der Waals surface area contributed by atoms with E-state index in [9.17, 15) is 4.79 Å². The van der Waals surface area contributed by atoms with E-state index in [1.54, 1.807) is 0 Å². The van der Waals surface area contributed by atoms with E-state index in [1.807, 2.05) is 0 Å². The standard InChI is InChI=1S/C6H13N5O2/c1-2(7)3(8)4(9)5(10)6(12)11-13/h2,4,8,10,13H,7,9H2,1H3,(H,11,12). The lowest BCUT2D eigenvalue weighted by Gasteiger charge is -2.15. The van der Waals surface area contributed by atoms with Gasteiger partial charge in [-0.25, -0.2) is 5.48 Å². The highest BCUT2D eigenvalue weighted by Gasteiger charge is 2.22. The Balaban J connectivity index is 4.43. The number of carbonyl (C=O) groups excluding carboxylic acids is 1. The topological polar surface area (TPSA) is 149 Å². The van der Waals surface area contributed by atoms with Crippen LogP contribution in [0.4, 0.5) is 0 Å². The summed E-state index contributed by atoms with van der Waals surface area (Å²) < 4.78 is 0. The number of hydrogen-bond donors (Lipinski definition) is 6. The second kappa shape index (κ2) is 4.65. The fourth-order valence-corrected chi connectivity index (χ4v) is 0.640. The molecule has 0 aliphatic rings. The average Bonchev–Trinajstić information content (AvgIpc) is 2.12. The minimum atomic E-state index is -1.17. The summed E-state index contributed by atoms with van der Waals surface area (Å²) in [7, 11) is 0. The molecule has 2 unspecified atom stereocenters. The first-order chi connectivity index (χ1) is 5.91. The number of nitrogens with one attached hydrogen (secondary N) is 3. The zero-order chi connectivity index (χ0) is 10.6. The largest absolute Gasteiger partial charge is 0.323 e. The van der Waals surface area contributed by atoms with Crippen molar-refractivity contribution < 1.29 is 10.0 Å². The number of hydroxylamine groups is 1. The van der Waals surface area contributed by atoms with Crippen LogP contribution in [-0.2, 0) is 4.79 Å². The third kappa shape index (κ3) is 2.90. The van der Waals surface area contributed by atoms with Crippen LogP contribution in [0.5, 0.6) is 0 Å². The molecule has 0 saturated heterocycles. The quantitative estimate of drug-likeness (QED) is 0.175. The fraction of sp³-hybridized carbons (Fsp3) is 0.500. The molecule has 0 aromatic heterocycles. The number of nitrogens with two attached hydrogens (primary N) is 2. The van der Waals surface area contributed by atoms with Gasteiger partial charge in [0.25, 0.3) is 5.91 Å². The Hall–Kier alpha value is -1.31. The van der Waals surface area contributed by atoms with Gasteiger partial charge in [0.05, 0.1) is 6.04 Å². The molecule has 8 N–H and O–H groups in total. The molecular formula is C6H13N5O2. The molecule has 1 amide bonds. The number of amides is 1. The molecule has 0 spiro atoms. The Morgan fingerprint density at radius 1 is 1.46 bits per heavy atom. The molecule has 7 nitrogen and oxygen atoms in total. The summed E-state index contributed by atoms with van der Waals surface area (Å²) in [4.78, 5) is 10.7. The van der Waals surface area contributed by atoms with Crippen molar-refractivity contribution in [3.8, 4) is 0 Å². The molecule has 2 atom stereocenters. The predicted octanol–water partition coefficient (Wildman–Crippen LogP) is -1.79. The molecule has 0 bridgehead atoms. The van der Waals surface area contributed by atoms with E-state index in [1.165, 1.54) is 12.4 Å². The van der Waals surface area contributed by atoms with E-state index in [-0.39, 0.29) is 5.71 Å². The smallest absolute Gasteiger partial charge is 0.290 e. The van der Waals surface area contributed by atoms with Gasteiger partial charge in [-0.1, -0.05) is 0 Å². The summed E-state index contributed by atoms with van der Waals surface area (Å²) in [6.07, 6.45) is 0. The third-order valence-corrected chi connectivity index (χ3v) is 1.48. The number of rotatable bonds is 4. The number of carbonyl (C=O) groups is 1. The summed E-state index contributed by atoms with van der Waals surface area (Å²) >= 11 is 0. The third-order valence-electron chi connectivity index (χ3n) is 1.48. The maximum Gasteiger partial charge on any atom is 0.290 e. The zero-order valence-corrected chi connectivity index (χ0v) is 7.16. The normalized spacial score (nSPS) is 14.5. The van der Waals surface area contributed by atoms with Crippen molar-refractivity contribution in [3.63, 3.8) is 0 Å². The average molecular weight is 187 g/mol. The van der Waals surface area contributed by atoms with E-state index in [0.29, 0.717) is 0 Å². The second-order valence-corrected chi connectivity index (χ2v) is 2.58. The molecule has 0 aliphatic heterocycles. The Morgan fingerprint density at radius 3 is 2.23 bits per heavy atom. The monoisotopic (exact) mass is 187 g/mol. The van der Waals surface area contributed by atoms with Crippen LogP contribution in [0, 0.1) is 10.8 Å². The summed E-state index contributed by atoms with van der Waals surface area (Å²) in [5.41, 5.74) is 11.2. The van der Waals surface area contributed by atoms with Crippen molar-refractivity contribution >= 4 is 17.3 Å². The molecule has 7 heteroatoms. The van der Waals surface area contributed by atoms with E-state index < -0.39 is 23.7 Å². The maximum absolute atomic E-state index is 10.7. The van der Waals surface area contributed by atoms with Gasteiger partial charge in [0.2, 0.25) is 0 Å². The first-order valence-electron chi connectivity index (χ1n) is 3.54. The highest BCUT2D eigenvalue weighted by Crippen LogP contribution is 1.91. The Bertz CT molecular complexity index is 237. The number of hydrogen-bond acceptors (Lipinski definition) is 6. The van der Waals surface area contributed by atoms with Crippen molar-refractivity contribution in [2.45, 2.75) is 19.0 Å². The Morgan fingerprint density at radius 2 is 1.92 bits per heavy atom. The van der Waals surface area contributed by atoms with Crippen molar-refractivity contribution in [1.82, 2.24) is 5.48 Å². The maximum atomic E-state index is 10.7. The molecule has 0 aromatic carbocycles. The molecule has 0 heterocycles. The Labute approximate surface area is 75.1 Å². The van der Waals surface area contributed by atoms with Gasteiger partial charge in [-0.3, -0.25) is 15.4 Å². The lowest BCUT2D eigenvalue weighted by molar-refractivity contribution is -0.122. The van der Waals surface area contributed by atoms with Crippen LogP contribution in [0.15, 0.2) is 0 Å². The van der Waals surface area contributed by atoms with Crippen LogP contribution < -0.4 is 16.9 Å². The molecule has 0 saturated carbocycles. The first kappa shape index (κ1) is 11.7.